The highest BCUT2D eigenvalue weighted by molar-refractivity contribution is 5.93. The van der Waals surface area contributed by atoms with Crippen molar-refractivity contribution in [1.29, 1.82) is 0 Å². The summed E-state index contributed by atoms with van der Waals surface area (Å²) >= 11 is 0. The number of anilines is 1. The molecule has 2 heterocycles. The number of amides is 3. The molecule has 1 N–H and O–H groups in total. The van der Waals surface area contributed by atoms with Gasteiger partial charge in [-0.25, -0.2) is 4.79 Å². The Morgan fingerprint density at radius 1 is 0.974 bits per heavy atom. The maximum atomic E-state index is 13.8. The second kappa shape index (κ2) is 11.6. The van der Waals surface area contributed by atoms with E-state index in [0.717, 1.165) is 11.3 Å². The molecule has 2 aromatic carbocycles. The number of methoxy groups -OCH3 is 2. The number of nitrogens with zero attached hydrogens (tertiary/aromatic N) is 3. The summed E-state index contributed by atoms with van der Waals surface area (Å²) in [6, 6.07) is 17.0. The SMILES string of the molecule is COc1cc(NC(=O)N(CC(=O)N2CCn3cccc3C2c2ccc(C(C)C)cc2)C(C)C)cc(OC)c1. The van der Waals surface area contributed by atoms with E-state index in [1.165, 1.54) is 5.56 Å². The molecule has 4 rings (SSSR count). The summed E-state index contributed by atoms with van der Waals surface area (Å²) in [5.41, 5.74) is 3.93. The zero-order valence-electron chi connectivity index (χ0n) is 23.1. The average molecular weight is 519 g/mol. The van der Waals surface area contributed by atoms with Gasteiger partial charge in [0.05, 0.1) is 20.3 Å². The van der Waals surface area contributed by atoms with E-state index in [9.17, 15) is 9.59 Å². The number of carbonyl (C=O) groups is 2. The van der Waals surface area contributed by atoms with Gasteiger partial charge in [0.15, 0.2) is 0 Å². The van der Waals surface area contributed by atoms with Crippen LogP contribution in [0, 0.1) is 0 Å². The van der Waals surface area contributed by atoms with Gasteiger partial charge < -0.3 is 29.2 Å². The molecule has 38 heavy (non-hydrogen) atoms. The van der Waals surface area contributed by atoms with Crippen LogP contribution in [0.25, 0.3) is 0 Å². The lowest BCUT2D eigenvalue weighted by Gasteiger charge is -2.39. The topological polar surface area (TPSA) is 76.0 Å². The highest BCUT2D eigenvalue weighted by Gasteiger charge is 2.34. The van der Waals surface area contributed by atoms with Crippen molar-refractivity contribution in [2.45, 2.75) is 52.2 Å². The van der Waals surface area contributed by atoms with Crippen LogP contribution in [0.3, 0.4) is 0 Å². The minimum absolute atomic E-state index is 0.0358. The number of hydrogen-bond acceptors (Lipinski definition) is 4. The van der Waals surface area contributed by atoms with Crippen molar-refractivity contribution >= 4 is 17.6 Å². The first-order valence-electron chi connectivity index (χ1n) is 13.1. The minimum atomic E-state index is -0.359. The molecule has 202 valence electrons. The van der Waals surface area contributed by atoms with Crippen LogP contribution in [-0.4, -0.2) is 59.7 Å². The van der Waals surface area contributed by atoms with E-state index in [1.807, 2.05) is 24.8 Å². The average Bonchev–Trinajstić information content (AvgIpc) is 3.39. The highest BCUT2D eigenvalue weighted by atomic mass is 16.5. The van der Waals surface area contributed by atoms with Gasteiger partial charge in [-0.15, -0.1) is 0 Å². The van der Waals surface area contributed by atoms with E-state index >= 15 is 0 Å². The lowest BCUT2D eigenvalue weighted by molar-refractivity contribution is -0.134. The summed E-state index contributed by atoms with van der Waals surface area (Å²) in [6.07, 6.45) is 2.06. The number of urea groups is 1. The van der Waals surface area contributed by atoms with E-state index in [2.05, 4.69) is 60.3 Å². The van der Waals surface area contributed by atoms with Crippen LogP contribution in [0.4, 0.5) is 10.5 Å². The van der Waals surface area contributed by atoms with E-state index < -0.39 is 0 Å². The summed E-state index contributed by atoms with van der Waals surface area (Å²) in [7, 11) is 3.11. The Labute approximate surface area is 225 Å². The quantitative estimate of drug-likeness (QED) is 0.427. The van der Waals surface area contributed by atoms with Crippen LogP contribution in [0.15, 0.2) is 60.8 Å². The molecule has 1 aliphatic heterocycles. The number of benzene rings is 2. The first-order valence-corrected chi connectivity index (χ1v) is 13.1. The van der Waals surface area contributed by atoms with Crippen LogP contribution in [0.1, 0.15) is 56.5 Å². The van der Waals surface area contributed by atoms with Gasteiger partial charge in [-0.3, -0.25) is 4.79 Å². The molecular weight excluding hydrogens is 480 g/mol. The molecule has 0 bridgehead atoms. The third-order valence-corrected chi connectivity index (χ3v) is 7.07. The smallest absolute Gasteiger partial charge is 0.322 e. The maximum absolute atomic E-state index is 13.8. The maximum Gasteiger partial charge on any atom is 0.322 e. The number of carbonyl (C=O) groups excluding carboxylic acids is 2. The van der Waals surface area contributed by atoms with Crippen molar-refractivity contribution in [3.63, 3.8) is 0 Å². The Kier molecular flexibility index (Phi) is 8.29. The number of rotatable bonds is 8. The molecule has 3 amide bonds. The van der Waals surface area contributed by atoms with Gasteiger partial charge in [-0.05, 0) is 43.0 Å². The summed E-state index contributed by atoms with van der Waals surface area (Å²) in [5, 5.41) is 2.90. The molecule has 0 saturated carbocycles. The molecule has 1 aliphatic rings. The number of hydrogen-bond donors (Lipinski definition) is 1. The second-order valence-corrected chi connectivity index (χ2v) is 10.2. The summed E-state index contributed by atoms with van der Waals surface area (Å²) in [6.45, 7) is 9.40. The van der Waals surface area contributed by atoms with E-state index in [4.69, 9.17) is 9.47 Å². The minimum Gasteiger partial charge on any atom is -0.497 e. The monoisotopic (exact) mass is 518 g/mol. The van der Waals surface area contributed by atoms with Gasteiger partial charge in [-0.2, -0.15) is 0 Å². The number of ether oxygens (including phenoxy) is 2. The number of fused-ring (bicyclic) bond motifs is 1. The first kappa shape index (κ1) is 27.1. The largest absolute Gasteiger partial charge is 0.497 e. The Morgan fingerprint density at radius 3 is 2.21 bits per heavy atom. The van der Waals surface area contributed by atoms with E-state index in [1.54, 1.807) is 37.3 Å². The number of aromatic nitrogens is 1. The fourth-order valence-electron chi connectivity index (χ4n) is 4.87. The standard InChI is InChI=1S/C30H38N4O4/c1-20(2)22-9-11-23(12-10-22)29-27-8-7-13-32(27)14-15-33(29)28(35)19-34(21(3)4)30(36)31-24-16-25(37-5)18-26(17-24)38-6/h7-13,16-18,20-21,29H,14-15,19H2,1-6H3,(H,31,36). The molecule has 1 unspecified atom stereocenters. The highest BCUT2D eigenvalue weighted by Crippen LogP contribution is 2.33. The van der Waals surface area contributed by atoms with Gasteiger partial charge in [0, 0.05) is 54.9 Å². The lowest BCUT2D eigenvalue weighted by atomic mass is 9.95. The zero-order chi connectivity index (χ0) is 27.4. The summed E-state index contributed by atoms with van der Waals surface area (Å²) < 4.78 is 12.8. The summed E-state index contributed by atoms with van der Waals surface area (Å²) in [5.74, 6) is 1.46. The predicted molar refractivity (Wildman–Crippen MR) is 149 cm³/mol. The third-order valence-electron chi connectivity index (χ3n) is 7.07. The molecule has 8 nitrogen and oxygen atoms in total. The Bertz CT molecular complexity index is 1240. The molecule has 1 aromatic heterocycles. The van der Waals surface area contributed by atoms with Gasteiger partial charge in [-0.1, -0.05) is 38.1 Å². The fraction of sp³-hybridized carbons (Fsp3) is 0.400. The van der Waals surface area contributed by atoms with E-state index in [-0.39, 0.29) is 30.6 Å². The normalized spacial score (nSPS) is 14.8. The molecule has 0 radical (unpaired) electrons. The van der Waals surface area contributed by atoms with Crippen molar-refractivity contribution in [3.05, 3.63) is 77.6 Å². The van der Waals surface area contributed by atoms with Crippen molar-refractivity contribution < 1.29 is 19.1 Å². The van der Waals surface area contributed by atoms with Crippen molar-refractivity contribution in [1.82, 2.24) is 14.4 Å². The Morgan fingerprint density at radius 2 is 1.63 bits per heavy atom. The van der Waals surface area contributed by atoms with Crippen LogP contribution < -0.4 is 14.8 Å². The lowest BCUT2D eigenvalue weighted by Crippen LogP contribution is -2.50. The fourth-order valence-corrected chi connectivity index (χ4v) is 4.87. The molecule has 3 aromatic rings. The second-order valence-electron chi connectivity index (χ2n) is 10.2. The van der Waals surface area contributed by atoms with Crippen LogP contribution in [0.5, 0.6) is 11.5 Å². The summed E-state index contributed by atoms with van der Waals surface area (Å²) in [4.78, 5) is 30.6. The molecule has 1 atom stereocenters. The van der Waals surface area contributed by atoms with Crippen LogP contribution in [0.2, 0.25) is 0 Å². The third kappa shape index (κ3) is 5.79. The Balaban J connectivity index is 1.57. The molecule has 8 heteroatoms. The van der Waals surface area contributed by atoms with Gasteiger partial charge in [0.2, 0.25) is 5.91 Å². The molecule has 0 spiro atoms. The Hall–Kier alpha value is -3.94. The molecule has 0 saturated heterocycles. The predicted octanol–water partition coefficient (Wildman–Crippen LogP) is 5.50. The van der Waals surface area contributed by atoms with Crippen LogP contribution >= 0.6 is 0 Å². The molecule has 0 fully saturated rings. The van der Waals surface area contributed by atoms with E-state index in [0.29, 0.717) is 36.2 Å². The van der Waals surface area contributed by atoms with Crippen molar-refractivity contribution in [2.24, 2.45) is 0 Å². The van der Waals surface area contributed by atoms with Crippen molar-refractivity contribution in [2.75, 3.05) is 32.6 Å². The first-order chi connectivity index (χ1) is 18.2. The van der Waals surface area contributed by atoms with Crippen molar-refractivity contribution in [3.8, 4) is 11.5 Å². The van der Waals surface area contributed by atoms with Gasteiger partial charge in [0.1, 0.15) is 18.0 Å². The zero-order valence-corrected chi connectivity index (χ0v) is 23.1. The molecule has 0 aliphatic carbocycles. The van der Waals surface area contributed by atoms with Crippen LogP contribution in [-0.2, 0) is 11.3 Å². The van der Waals surface area contributed by atoms with Gasteiger partial charge in [0.25, 0.3) is 0 Å². The molecular formula is C30H38N4O4. The number of nitrogens with one attached hydrogen (secondary N) is 1. The van der Waals surface area contributed by atoms with Gasteiger partial charge >= 0.3 is 6.03 Å².